The van der Waals surface area contributed by atoms with Crippen LogP contribution in [0.25, 0.3) is 17.1 Å². The van der Waals surface area contributed by atoms with Crippen molar-refractivity contribution < 1.29 is 4.79 Å². The van der Waals surface area contributed by atoms with E-state index >= 15 is 0 Å². The van der Waals surface area contributed by atoms with E-state index in [0.717, 1.165) is 29.7 Å². The lowest BCUT2D eigenvalue weighted by atomic mass is 10.1. The van der Waals surface area contributed by atoms with Crippen LogP contribution >= 0.6 is 23.4 Å². The number of halogens is 1. The van der Waals surface area contributed by atoms with Crippen LogP contribution in [-0.4, -0.2) is 37.5 Å². The van der Waals surface area contributed by atoms with Crippen LogP contribution in [0.5, 0.6) is 0 Å². The number of thioether (sulfide) groups is 1. The Bertz CT molecular complexity index is 1010. The molecule has 1 amide bonds. The minimum atomic E-state index is -0.00294. The van der Waals surface area contributed by atoms with Crippen LogP contribution in [0.15, 0.2) is 47.9 Å². The van der Waals surface area contributed by atoms with E-state index in [4.69, 9.17) is 11.6 Å². The van der Waals surface area contributed by atoms with Crippen LogP contribution in [0.1, 0.15) is 45.1 Å². The van der Waals surface area contributed by atoms with Gasteiger partial charge in [0.25, 0.3) is 0 Å². The van der Waals surface area contributed by atoms with Gasteiger partial charge >= 0.3 is 0 Å². The summed E-state index contributed by atoms with van der Waals surface area (Å²) < 4.78 is 1.96. The van der Waals surface area contributed by atoms with Crippen molar-refractivity contribution >= 4 is 29.3 Å². The summed E-state index contributed by atoms with van der Waals surface area (Å²) in [7, 11) is 0. The van der Waals surface area contributed by atoms with Gasteiger partial charge in [0.15, 0.2) is 11.0 Å². The Morgan fingerprint density at radius 3 is 2.71 bits per heavy atom. The van der Waals surface area contributed by atoms with Crippen molar-refractivity contribution in [1.29, 1.82) is 0 Å². The van der Waals surface area contributed by atoms with E-state index in [1.165, 1.54) is 24.6 Å². The topological polar surface area (TPSA) is 72.7 Å². The van der Waals surface area contributed by atoms with Gasteiger partial charge in [0.2, 0.25) is 5.91 Å². The Kier molecular flexibility index (Phi) is 8.49. The lowest BCUT2D eigenvalue weighted by molar-refractivity contribution is -0.119. The molecule has 0 saturated heterocycles. The lowest BCUT2D eigenvalue weighted by Crippen LogP contribution is -2.33. The van der Waals surface area contributed by atoms with Crippen LogP contribution in [0.3, 0.4) is 0 Å². The molecule has 0 aliphatic carbocycles. The Morgan fingerprint density at radius 1 is 1.19 bits per heavy atom. The molecule has 0 spiro atoms. The highest BCUT2D eigenvalue weighted by molar-refractivity contribution is 7.99. The van der Waals surface area contributed by atoms with Crippen LogP contribution in [-0.2, 0) is 4.79 Å². The largest absolute Gasteiger partial charge is 0.353 e. The molecule has 8 heteroatoms. The monoisotopic (exact) mass is 457 g/mol. The lowest BCUT2D eigenvalue weighted by Gasteiger charge is -2.15. The molecular formula is C23H28ClN5OS. The summed E-state index contributed by atoms with van der Waals surface area (Å²) in [6.45, 7) is 6.20. The van der Waals surface area contributed by atoms with Crippen molar-refractivity contribution in [3.63, 3.8) is 0 Å². The molecular weight excluding hydrogens is 430 g/mol. The number of nitrogens with zero attached hydrogens (tertiary/aromatic N) is 4. The quantitative estimate of drug-likeness (QED) is 0.323. The molecule has 1 unspecified atom stereocenters. The van der Waals surface area contributed by atoms with Gasteiger partial charge in [-0.05, 0) is 50.1 Å². The van der Waals surface area contributed by atoms with Gasteiger partial charge in [-0.3, -0.25) is 14.3 Å². The normalized spacial score (nSPS) is 12.0. The van der Waals surface area contributed by atoms with Crippen molar-refractivity contribution in [3.05, 3.63) is 53.3 Å². The standard InChI is InChI=1S/C23H28ClN5OS/c1-4-5-6-8-16(2)26-21(30)15-31-23-28-27-22(18-11-13-25-14-12-18)29(23)20-10-7-9-19(24)17(20)3/h7,9-14,16H,4-6,8,15H2,1-3H3,(H,26,30). The second-order valence-corrected chi connectivity index (χ2v) is 8.86. The number of benzene rings is 1. The van der Waals surface area contributed by atoms with Gasteiger partial charge in [-0.15, -0.1) is 10.2 Å². The number of unbranched alkanes of at least 4 members (excludes halogenated alkanes) is 2. The summed E-state index contributed by atoms with van der Waals surface area (Å²) in [5.41, 5.74) is 2.71. The van der Waals surface area contributed by atoms with Gasteiger partial charge in [0.1, 0.15) is 0 Å². The van der Waals surface area contributed by atoms with Gasteiger partial charge in [-0.1, -0.05) is 55.6 Å². The maximum absolute atomic E-state index is 12.5. The fraction of sp³-hybridized carbons (Fsp3) is 0.391. The van der Waals surface area contributed by atoms with E-state index in [2.05, 4.69) is 34.3 Å². The Morgan fingerprint density at radius 2 is 1.97 bits per heavy atom. The van der Waals surface area contributed by atoms with E-state index < -0.39 is 0 Å². The number of pyridine rings is 1. The molecule has 3 rings (SSSR count). The van der Waals surface area contributed by atoms with Crippen molar-refractivity contribution in [2.24, 2.45) is 0 Å². The molecule has 0 saturated carbocycles. The third-order valence-electron chi connectivity index (χ3n) is 5.03. The van der Waals surface area contributed by atoms with Gasteiger partial charge in [0.05, 0.1) is 11.4 Å². The number of hydrogen-bond donors (Lipinski definition) is 1. The van der Waals surface area contributed by atoms with Crippen LogP contribution in [0, 0.1) is 6.92 Å². The number of rotatable bonds is 10. The second kappa shape index (κ2) is 11.3. The molecule has 0 aliphatic rings. The van der Waals surface area contributed by atoms with Gasteiger partial charge in [-0.2, -0.15) is 0 Å². The third-order valence-corrected chi connectivity index (χ3v) is 6.37. The number of aromatic nitrogens is 4. The minimum Gasteiger partial charge on any atom is -0.353 e. The number of carbonyl (C=O) groups excluding carboxylic acids is 1. The molecule has 3 aromatic rings. The molecule has 0 bridgehead atoms. The van der Waals surface area contributed by atoms with E-state index in [9.17, 15) is 4.79 Å². The van der Waals surface area contributed by atoms with Crippen molar-refractivity contribution in [2.75, 3.05) is 5.75 Å². The smallest absolute Gasteiger partial charge is 0.230 e. The van der Waals surface area contributed by atoms with Gasteiger partial charge in [0, 0.05) is 29.0 Å². The molecule has 6 nitrogen and oxygen atoms in total. The SMILES string of the molecule is CCCCCC(C)NC(=O)CSc1nnc(-c2ccncc2)n1-c1cccc(Cl)c1C. The zero-order valence-electron chi connectivity index (χ0n) is 18.1. The summed E-state index contributed by atoms with van der Waals surface area (Å²) in [5, 5.41) is 13.2. The van der Waals surface area contributed by atoms with Crippen molar-refractivity contribution in [2.45, 2.75) is 57.7 Å². The molecule has 0 radical (unpaired) electrons. The first kappa shape index (κ1) is 23.3. The number of nitrogens with one attached hydrogen (secondary N) is 1. The van der Waals surface area contributed by atoms with E-state index in [1.54, 1.807) is 12.4 Å². The van der Waals surface area contributed by atoms with Crippen molar-refractivity contribution in [1.82, 2.24) is 25.1 Å². The van der Waals surface area contributed by atoms with Crippen molar-refractivity contribution in [3.8, 4) is 17.1 Å². The fourth-order valence-electron chi connectivity index (χ4n) is 3.33. The Hall–Kier alpha value is -2.38. The fourth-order valence-corrected chi connectivity index (χ4v) is 4.25. The second-order valence-electron chi connectivity index (χ2n) is 7.51. The van der Waals surface area contributed by atoms with Gasteiger partial charge in [-0.25, -0.2) is 0 Å². The zero-order chi connectivity index (χ0) is 22.2. The molecule has 164 valence electrons. The molecule has 31 heavy (non-hydrogen) atoms. The molecule has 1 aromatic carbocycles. The average molecular weight is 458 g/mol. The molecule has 0 aliphatic heterocycles. The minimum absolute atomic E-state index is 0.00294. The average Bonchev–Trinajstić information content (AvgIpc) is 3.19. The number of amides is 1. The van der Waals surface area contributed by atoms with Gasteiger partial charge < -0.3 is 5.32 Å². The summed E-state index contributed by atoms with van der Waals surface area (Å²) in [5.74, 6) is 0.951. The highest BCUT2D eigenvalue weighted by atomic mass is 35.5. The maximum atomic E-state index is 12.5. The highest BCUT2D eigenvalue weighted by Gasteiger charge is 2.19. The Labute approximate surface area is 192 Å². The summed E-state index contributed by atoms with van der Waals surface area (Å²) >= 11 is 7.75. The van der Waals surface area contributed by atoms with E-state index in [1.807, 2.05) is 41.8 Å². The molecule has 1 N–H and O–H groups in total. The molecule has 0 fully saturated rings. The Balaban J connectivity index is 1.82. The first-order valence-corrected chi connectivity index (χ1v) is 11.9. The summed E-state index contributed by atoms with van der Waals surface area (Å²) in [4.78, 5) is 16.6. The van der Waals surface area contributed by atoms with Crippen LogP contribution in [0.2, 0.25) is 5.02 Å². The molecule has 1 atom stereocenters. The maximum Gasteiger partial charge on any atom is 0.230 e. The summed E-state index contributed by atoms with van der Waals surface area (Å²) in [6.07, 6.45) is 7.93. The third kappa shape index (κ3) is 6.08. The number of carbonyl (C=O) groups is 1. The molecule has 2 aromatic heterocycles. The molecule has 2 heterocycles. The predicted molar refractivity (Wildman–Crippen MR) is 127 cm³/mol. The first-order chi connectivity index (χ1) is 15.0. The zero-order valence-corrected chi connectivity index (χ0v) is 19.7. The predicted octanol–water partition coefficient (Wildman–Crippen LogP) is 5.47. The first-order valence-electron chi connectivity index (χ1n) is 10.5. The summed E-state index contributed by atoms with van der Waals surface area (Å²) in [6, 6.07) is 9.69. The van der Waals surface area contributed by atoms with Crippen LogP contribution < -0.4 is 5.32 Å². The number of hydrogen-bond acceptors (Lipinski definition) is 5. The van der Waals surface area contributed by atoms with Crippen LogP contribution in [0.4, 0.5) is 0 Å². The highest BCUT2D eigenvalue weighted by Crippen LogP contribution is 2.31. The van der Waals surface area contributed by atoms with E-state index in [-0.39, 0.29) is 17.7 Å². The van der Waals surface area contributed by atoms with E-state index in [0.29, 0.717) is 16.0 Å².